The van der Waals surface area contributed by atoms with Gasteiger partial charge in [0.25, 0.3) is 0 Å². The van der Waals surface area contributed by atoms with Crippen LogP contribution in [0.25, 0.3) is 0 Å². The largest absolute Gasteiger partial charge is 0.493 e. The molecule has 1 aromatic carbocycles. The van der Waals surface area contributed by atoms with Crippen molar-refractivity contribution >= 4 is 0 Å². The van der Waals surface area contributed by atoms with Crippen LogP contribution in [0, 0.1) is 6.92 Å². The van der Waals surface area contributed by atoms with E-state index in [9.17, 15) is 0 Å². The lowest BCUT2D eigenvalue weighted by Gasteiger charge is -2.21. The summed E-state index contributed by atoms with van der Waals surface area (Å²) < 4.78 is 21.6. The number of nitrogens with zero attached hydrogens (tertiary/aromatic N) is 1. The molecule has 2 aromatic rings. The summed E-state index contributed by atoms with van der Waals surface area (Å²) in [5.41, 5.74) is 1.95. The van der Waals surface area contributed by atoms with E-state index in [4.69, 9.17) is 18.7 Å². The zero-order valence-corrected chi connectivity index (χ0v) is 12.1. The molecule has 0 unspecified atom stereocenters. The van der Waals surface area contributed by atoms with Gasteiger partial charge in [-0.1, -0.05) is 5.16 Å². The number of rotatable bonds is 5. The molecule has 0 aliphatic carbocycles. The highest BCUT2D eigenvalue weighted by Gasteiger charge is 2.18. The van der Waals surface area contributed by atoms with E-state index in [1.165, 1.54) is 0 Å². The molecule has 6 nitrogen and oxygen atoms in total. The summed E-state index contributed by atoms with van der Waals surface area (Å²) >= 11 is 0. The Morgan fingerprint density at radius 2 is 2.05 bits per heavy atom. The van der Waals surface area contributed by atoms with Crippen molar-refractivity contribution in [3.8, 4) is 17.2 Å². The van der Waals surface area contributed by atoms with E-state index in [-0.39, 0.29) is 0 Å². The molecular weight excluding hydrogens is 272 g/mol. The molecule has 0 fully saturated rings. The number of benzene rings is 1. The monoisotopic (exact) mass is 290 g/mol. The molecule has 2 heterocycles. The number of aryl methyl sites for hydroxylation is 1. The fraction of sp³-hybridized carbons (Fsp3) is 0.400. The van der Waals surface area contributed by atoms with Crippen LogP contribution in [0.15, 0.2) is 22.7 Å². The Bertz CT molecular complexity index is 607. The first-order valence-electron chi connectivity index (χ1n) is 6.85. The van der Waals surface area contributed by atoms with Crippen LogP contribution < -0.4 is 19.5 Å². The topological polar surface area (TPSA) is 65.8 Å². The molecule has 0 atom stereocenters. The molecule has 0 spiro atoms. The lowest BCUT2D eigenvalue weighted by molar-refractivity contribution is 0.165. The number of hydrogen-bond donors (Lipinski definition) is 1. The predicted molar refractivity (Wildman–Crippen MR) is 75.8 cm³/mol. The molecule has 1 aliphatic rings. The van der Waals surface area contributed by atoms with Crippen LogP contribution in [0.4, 0.5) is 0 Å². The normalized spacial score (nSPS) is 13.2. The van der Waals surface area contributed by atoms with E-state index < -0.39 is 0 Å². The molecule has 6 heteroatoms. The second kappa shape index (κ2) is 6.05. The molecule has 0 saturated carbocycles. The minimum Gasteiger partial charge on any atom is -0.493 e. The van der Waals surface area contributed by atoms with Crippen molar-refractivity contribution in [3.05, 3.63) is 35.2 Å². The first kappa shape index (κ1) is 13.8. The van der Waals surface area contributed by atoms with Gasteiger partial charge in [0.1, 0.15) is 19.0 Å². The predicted octanol–water partition coefficient (Wildman–Crippen LogP) is 2.05. The van der Waals surface area contributed by atoms with Gasteiger partial charge in [0.05, 0.1) is 12.8 Å². The third-order valence-corrected chi connectivity index (χ3v) is 3.20. The molecule has 0 amide bonds. The molecule has 3 rings (SSSR count). The minimum atomic E-state index is 0.548. The second-order valence-corrected chi connectivity index (χ2v) is 4.85. The van der Waals surface area contributed by atoms with Crippen molar-refractivity contribution in [2.75, 3.05) is 20.3 Å². The van der Waals surface area contributed by atoms with Gasteiger partial charge in [-0.05, 0) is 24.6 Å². The minimum absolute atomic E-state index is 0.548. The fourth-order valence-electron chi connectivity index (χ4n) is 2.27. The third-order valence-electron chi connectivity index (χ3n) is 3.20. The van der Waals surface area contributed by atoms with Gasteiger partial charge in [-0.3, -0.25) is 0 Å². The number of methoxy groups -OCH3 is 1. The molecule has 112 valence electrons. The van der Waals surface area contributed by atoms with E-state index in [0.29, 0.717) is 37.8 Å². The fourth-order valence-corrected chi connectivity index (χ4v) is 2.27. The van der Waals surface area contributed by atoms with E-state index in [1.807, 2.05) is 25.1 Å². The Kier molecular flexibility index (Phi) is 3.96. The highest BCUT2D eigenvalue weighted by Crippen LogP contribution is 2.40. The Labute approximate surface area is 123 Å². The summed E-state index contributed by atoms with van der Waals surface area (Å²) in [6, 6.07) is 5.84. The summed E-state index contributed by atoms with van der Waals surface area (Å²) in [6.45, 7) is 4.31. The zero-order valence-electron chi connectivity index (χ0n) is 12.1. The van der Waals surface area contributed by atoms with E-state index in [0.717, 1.165) is 22.8 Å². The highest BCUT2D eigenvalue weighted by atomic mass is 16.6. The van der Waals surface area contributed by atoms with Crippen LogP contribution in [0.5, 0.6) is 17.2 Å². The van der Waals surface area contributed by atoms with Crippen molar-refractivity contribution in [2.45, 2.75) is 20.0 Å². The first-order chi connectivity index (χ1) is 10.3. The number of fused-ring (bicyclic) bond motifs is 1. The molecule has 0 radical (unpaired) electrons. The highest BCUT2D eigenvalue weighted by molar-refractivity contribution is 5.54. The van der Waals surface area contributed by atoms with Crippen molar-refractivity contribution in [1.82, 2.24) is 10.5 Å². The molecule has 0 bridgehead atoms. The summed E-state index contributed by atoms with van der Waals surface area (Å²) in [6.07, 6.45) is 0. The zero-order chi connectivity index (χ0) is 14.7. The number of nitrogens with one attached hydrogen (secondary N) is 1. The van der Waals surface area contributed by atoms with Gasteiger partial charge in [0.2, 0.25) is 5.75 Å². The van der Waals surface area contributed by atoms with Gasteiger partial charge in [0.15, 0.2) is 11.5 Å². The Morgan fingerprint density at radius 3 is 2.81 bits per heavy atom. The number of hydrogen-bond acceptors (Lipinski definition) is 6. The molecule has 21 heavy (non-hydrogen) atoms. The quantitative estimate of drug-likeness (QED) is 0.909. The van der Waals surface area contributed by atoms with Gasteiger partial charge < -0.3 is 24.1 Å². The third kappa shape index (κ3) is 3.11. The first-order valence-corrected chi connectivity index (χ1v) is 6.85. The maximum Gasteiger partial charge on any atom is 0.203 e. The van der Waals surface area contributed by atoms with Crippen LogP contribution in [0.2, 0.25) is 0 Å². The van der Waals surface area contributed by atoms with Gasteiger partial charge in [-0.25, -0.2) is 0 Å². The number of aromatic nitrogens is 1. The van der Waals surface area contributed by atoms with Crippen LogP contribution >= 0.6 is 0 Å². The Balaban J connectivity index is 1.67. The van der Waals surface area contributed by atoms with Crippen molar-refractivity contribution in [1.29, 1.82) is 0 Å². The lowest BCUT2D eigenvalue weighted by Crippen LogP contribution is -2.17. The second-order valence-electron chi connectivity index (χ2n) is 4.85. The number of ether oxygens (including phenoxy) is 3. The van der Waals surface area contributed by atoms with Crippen LogP contribution in [-0.4, -0.2) is 25.5 Å². The molecule has 0 saturated heterocycles. The molecule has 1 aliphatic heterocycles. The summed E-state index contributed by atoms with van der Waals surface area (Å²) in [5.74, 6) is 2.92. The van der Waals surface area contributed by atoms with Crippen LogP contribution in [0.3, 0.4) is 0 Å². The van der Waals surface area contributed by atoms with E-state index in [1.54, 1.807) is 7.11 Å². The smallest absolute Gasteiger partial charge is 0.203 e. The lowest BCUT2D eigenvalue weighted by atomic mass is 10.1. The SMILES string of the molecule is COc1cc(CNCc2cc(C)on2)cc2c1OCCO2. The summed E-state index contributed by atoms with van der Waals surface area (Å²) in [7, 11) is 1.63. The van der Waals surface area contributed by atoms with Crippen LogP contribution in [-0.2, 0) is 13.1 Å². The van der Waals surface area contributed by atoms with Gasteiger partial charge in [-0.2, -0.15) is 0 Å². The van der Waals surface area contributed by atoms with Crippen molar-refractivity contribution in [3.63, 3.8) is 0 Å². The summed E-state index contributed by atoms with van der Waals surface area (Å²) in [5, 5.41) is 7.26. The molecule has 1 aromatic heterocycles. The Morgan fingerprint density at radius 1 is 1.19 bits per heavy atom. The Hall–Kier alpha value is -2.21. The average Bonchev–Trinajstić information content (AvgIpc) is 2.92. The maximum absolute atomic E-state index is 5.61. The van der Waals surface area contributed by atoms with E-state index >= 15 is 0 Å². The molecule has 1 N–H and O–H groups in total. The van der Waals surface area contributed by atoms with Crippen molar-refractivity contribution < 1.29 is 18.7 Å². The van der Waals surface area contributed by atoms with Crippen molar-refractivity contribution in [2.24, 2.45) is 0 Å². The van der Waals surface area contributed by atoms with Gasteiger partial charge >= 0.3 is 0 Å². The standard InChI is InChI=1S/C15H18N2O4/c1-10-5-12(17-21-10)9-16-8-11-6-13(18-2)15-14(7-11)19-3-4-20-15/h5-7,16H,3-4,8-9H2,1-2H3. The summed E-state index contributed by atoms with van der Waals surface area (Å²) in [4.78, 5) is 0. The van der Waals surface area contributed by atoms with Crippen LogP contribution in [0.1, 0.15) is 17.0 Å². The molecular formula is C15H18N2O4. The van der Waals surface area contributed by atoms with Gasteiger partial charge in [-0.15, -0.1) is 0 Å². The van der Waals surface area contributed by atoms with Gasteiger partial charge in [0, 0.05) is 19.2 Å². The maximum atomic E-state index is 5.61. The van der Waals surface area contributed by atoms with E-state index in [2.05, 4.69) is 10.5 Å². The average molecular weight is 290 g/mol.